The molecule has 2 saturated carbocycles. The highest BCUT2D eigenvalue weighted by molar-refractivity contribution is 5.90. The highest BCUT2D eigenvalue weighted by atomic mass is 16.4. The zero-order chi connectivity index (χ0) is 12.1. The molecule has 6 nitrogen and oxygen atoms in total. The van der Waals surface area contributed by atoms with Crippen molar-refractivity contribution in [1.29, 1.82) is 0 Å². The fourth-order valence-corrected chi connectivity index (χ4v) is 2.62. The first-order valence-electron chi connectivity index (χ1n) is 5.37. The summed E-state index contributed by atoms with van der Waals surface area (Å²) >= 11 is 0. The van der Waals surface area contributed by atoms with Crippen LogP contribution in [-0.4, -0.2) is 39.8 Å². The minimum absolute atomic E-state index is 0.0180. The van der Waals surface area contributed by atoms with Crippen molar-refractivity contribution in [2.75, 3.05) is 0 Å². The smallest absolute Gasteiger partial charge is 0.329 e. The predicted molar refractivity (Wildman–Crippen MR) is 54.4 cm³/mol. The number of carboxylic acids is 1. The van der Waals surface area contributed by atoms with Crippen LogP contribution in [0.2, 0.25) is 0 Å². The molecule has 0 radical (unpaired) electrons. The van der Waals surface area contributed by atoms with Gasteiger partial charge in [-0.2, -0.15) is 0 Å². The monoisotopic (exact) mass is 228 g/mol. The third-order valence-electron chi connectivity index (χ3n) is 3.64. The number of carbonyl (C=O) groups excluding carboxylic acids is 1. The predicted octanol–water partition coefficient (Wildman–Crippen LogP) is -1.33. The summed E-state index contributed by atoms with van der Waals surface area (Å²) in [6.07, 6.45) is 0.109. The van der Waals surface area contributed by atoms with E-state index in [1.165, 1.54) is 6.92 Å². The number of hydrogen-bond donors (Lipinski definition) is 4. The van der Waals surface area contributed by atoms with Gasteiger partial charge in [-0.3, -0.25) is 4.79 Å². The second kappa shape index (κ2) is 3.43. The molecule has 90 valence electrons. The van der Waals surface area contributed by atoms with Crippen LogP contribution in [0.5, 0.6) is 0 Å². The summed E-state index contributed by atoms with van der Waals surface area (Å²) in [4.78, 5) is 22.8. The summed E-state index contributed by atoms with van der Waals surface area (Å²) in [5, 5.41) is 21.4. The number of rotatable bonds is 3. The Morgan fingerprint density at radius 2 is 2.19 bits per heavy atom. The summed E-state index contributed by atoms with van der Waals surface area (Å²) in [6, 6.07) is -0.744. The Hall–Kier alpha value is -1.14. The lowest BCUT2D eigenvalue weighted by molar-refractivity contribution is -0.149. The maximum atomic E-state index is 11.5. The molecule has 6 heteroatoms. The molecule has 0 aliphatic heterocycles. The number of carbonyl (C=O) groups is 2. The molecule has 0 aromatic rings. The Morgan fingerprint density at radius 3 is 2.50 bits per heavy atom. The van der Waals surface area contributed by atoms with Crippen molar-refractivity contribution in [2.45, 2.75) is 37.5 Å². The molecule has 16 heavy (non-hydrogen) atoms. The van der Waals surface area contributed by atoms with Crippen molar-refractivity contribution in [3.8, 4) is 0 Å². The molecular formula is C10H16N2O4. The molecule has 2 rings (SSSR count). The molecule has 2 aliphatic carbocycles. The fraction of sp³-hybridized carbons (Fsp3) is 0.800. The average Bonchev–Trinajstić information content (AvgIpc) is 2.90. The quantitative estimate of drug-likeness (QED) is 0.478. The van der Waals surface area contributed by atoms with Crippen LogP contribution in [0.15, 0.2) is 0 Å². The normalized spacial score (nSPS) is 42.3. The third kappa shape index (κ3) is 1.49. The van der Waals surface area contributed by atoms with E-state index >= 15 is 0 Å². The van der Waals surface area contributed by atoms with Gasteiger partial charge in [0, 0.05) is 6.42 Å². The molecule has 0 saturated heterocycles. The number of hydrogen-bond acceptors (Lipinski definition) is 4. The zero-order valence-corrected chi connectivity index (χ0v) is 9.01. The van der Waals surface area contributed by atoms with Gasteiger partial charge in [0.25, 0.3) is 0 Å². The molecule has 0 spiro atoms. The van der Waals surface area contributed by atoms with Gasteiger partial charge in [-0.25, -0.2) is 4.79 Å². The number of amides is 1. The molecule has 1 amide bonds. The molecule has 2 aliphatic rings. The number of aliphatic hydroxyl groups excluding tert-OH is 1. The van der Waals surface area contributed by atoms with Crippen molar-refractivity contribution >= 4 is 11.9 Å². The third-order valence-corrected chi connectivity index (χ3v) is 3.64. The Morgan fingerprint density at radius 1 is 1.56 bits per heavy atom. The first-order valence-corrected chi connectivity index (χ1v) is 5.37. The Balaban J connectivity index is 2.18. The number of fused-ring (bicyclic) bond motifs is 1. The van der Waals surface area contributed by atoms with Gasteiger partial charge in [0.1, 0.15) is 5.54 Å². The van der Waals surface area contributed by atoms with E-state index in [1.54, 1.807) is 0 Å². The van der Waals surface area contributed by atoms with Crippen molar-refractivity contribution in [3.05, 3.63) is 0 Å². The van der Waals surface area contributed by atoms with Crippen molar-refractivity contribution < 1.29 is 19.8 Å². The minimum atomic E-state index is -1.31. The highest BCUT2D eigenvalue weighted by Gasteiger charge is 2.67. The number of nitrogens with two attached hydrogens (primary N) is 1. The number of aliphatic hydroxyl groups is 1. The molecule has 2 fully saturated rings. The SMILES string of the molecule is C[C@H](N)C(=O)N[C@@]1(C(=O)O)C[C@H](O)[C@H]2C[C@H]21. The number of carboxylic acid groups (broad SMARTS) is 1. The van der Waals surface area contributed by atoms with Crippen LogP contribution in [0.1, 0.15) is 19.8 Å². The van der Waals surface area contributed by atoms with E-state index in [-0.39, 0.29) is 18.3 Å². The van der Waals surface area contributed by atoms with Crippen LogP contribution in [0.3, 0.4) is 0 Å². The second-order valence-corrected chi connectivity index (χ2v) is 4.83. The molecule has 0 aromatic heterocycles. The maximum absolute atomic E-state index is 11.5. The van der Waals surface area contributed by atoms with Crippen LogP contribution in [0.25, 0.3) is 0 Å². The van der Waals surface area contributed by atoms with Crippen LogP contribution in [0, 0.1) is 11.8 Å². The molecule has 0 heterocycles. The summed E-state index contributed by atoms with van der Waals surface area (Å²) in [6.45, 7) is 1.50. The van der Waals surface area contributed by atoms with E-state index in [0.717, 1.165) is 0 Å². The fourth-order valence-electron chi connectivity index (χ4n) is 2.62. The first kappa shape index (κ1) is 11.3. The highest BCUT2D eigenvalue weighted by Crippen LogP contribution is 2.57. The van der Waals surface area contributed by atoms with E-state index in [0.29, 0.717) is 6.42 Å². The van der Waals surface area contributed by atoms with Crippen LogP contribution in [-0.2, 0) is 9.59 Å². The lowest BCUT2D eigenvalue weighted by Crippen LogP contribution is -2.58. The van der Waals surface area contributed by atoms with Gasteiger partial charge < -0.3 is 21.3 Å². The molecular weight excluding hydrogens is 212 g/mol. The van der Waals surface area contributed by atoms with Crippen molar-refractivity contribution in [2.24, 2.45) is 17.6 Å². The largest absolute Gasteiger partial charge is 0.479 e. The zero-order valence-electron chi connectivity index (χ0n) is 9.01. The second-order valence-electron chi connectivity index (χ2n) is 4.83. The number of aliphatic carboxylic acids is 1. The van der Waals surface area contributed by atoms with Crippen molar-refractivity contribution in [3.63, 3.8) is 0 Å². The Labute approximate surface area is 92.8 Å². The van der Waals surface area contributed by atoms with E-state index in [4.69, 9.17) is 5.73 Å². The van der Waals surface area contributed by atoms with E-state index in [1.807, 2.05) is 0 Å². The molecule has 5 atom stereocenters. The molecule has 0 aromatic carbocycles. The van der Waals surface area contributed by atoms with Gasteiger partial charge in [0.2, 0.25) is 5.91 Å². The minimum Gasteiger partial charge on any atom is -0.479 e. The summed E-state index contributed by atoms with van der Waals surface area (Å²) < 4.78 is 0. The van der Waals surface area contributed by atoms with Gasteiger partial charge in [0.05, 0.1) is 12.1 Å². The van der Waals surface area contributed by atoms with Crippen molar-refractivity contribution in [1.82, 2.24) is 5.32 Å². The van der Waals surface area contributed by atoms with Gasteiger partial charge in [-0.15, -0.1) is 0 Å². The van der Waals surface area contributed by atoms with Gasteiger partial charge >= 0.3 is 5.97 Å². The summed E-state index contributed by atoms with van der Waals surface area (Å²) in [7, 11) is 0. The number of nitrogens with one attached hydrogen (secondary N) is 1. The topological polar surface area (TPSA) is 113 Å². The van der Waals surface area contributed by atoms with Crippen LogP contribution >= 0.6 is 0 Å². The summed E-state index contributed by atoms with van der Waals surface area (Å²) in [5.74, 6) is -1.69. The maximum Gasteiger partial charge on any atom is 0.329 e. The van der Waals surface area contributed by atoms with E-state index in [9.17, 15) is 19.8 Å². The van der Waals surface area contributed by atoms with Crippen LogP contribution in [0.4, 0.5) is 0 Å². The van der Waals surface area contributed by atoms with Gasteiger partial charge in [-0.05, 0) is 25.2 Å². The van der Waals surface area contributed by atoms with E-state index in [2.05, 4.69) is 5.32 Å². The lowest BCUT2D eigenvalue weighted by Gasteiger charge is -2.29. The van der Waals surface area contributed by atoms with Gasteiger partial charge in [-0.1, -0.05) is 0 Å². The average molecular weight is 228 g/mol. The molecule has 0 bridgehead atoms. The van der Waals surface area contributed by atoms with Gasteiger partial charge in [0.15, 0.2) is 0 Å². The molecule has 5 N–H and O–H groups in total. The lowest BCUT2D eigenvalue weighted by atomic mass is 9.92. The standard InChI is InChI=1S/C10H16N2O4/c1-4(11)8(14)12-10(9(15)16)3-7(13)5-2-6(5)10/h4-7,13H,2-3,11H2,1H3,(H,12,14)(H,15,16)/t4-,5-,6+,7-,10-/m0/s1. The Bertz CT molecular complexity index is 344. The van der Waals surface area contributed by atoms with E-state index < -0.39 is 29.6 Å². The van der Waals surface area contributed by atoms with Crippen LogP contribution < -0.4 is 11.1 Å². The summed E-state index contributed by atoms with van der Waals surface area (Å²) in [5.41, 5.74) is 4.09. The molecule has 0 unspecified atom stereocenters. The first-order chi connectivity index (χ1) is 7.38. The Kier molecular flexibility index (Phi) is 2.43.